The molecule has 17 heavy (non-hydrogen) atoms. The van der Waals surface area contributed by atoms with Crippen molar-refractivity contribution in [3.63, 3.8) is 0 Å². The summed E-state index contributed by atoms with van der Waals surface area (Å²) < 4.78 is 2.28. The number of thioether (sulfide) groups is 1. The Morgan fingerprint density at radius 1 is 1.53 bits per heavy atom. The molecule has 0 bridgehead atoms. The van der Waals surface area contributed by atoms with Crippen LogP contribution in [0, 0.1) is 6.92 Å². The Bertz CT molecular complexity index is 322. The number of hydrogen-bond donors (Lipinski definition) is 1. The molecule has 0 amide bonds. The smallest absolute Gasteiger partial charge is 0.203 e. The van der Waals surface area contributed by atoms with Gasteiger partial charge in [0.1, 0.15) is 0 Å². The van der Waals surface area contributed by atoms with E-state index in [9.17, 15) is 0 Å². The van der Waals surface area contributed by atoms with Crippen molar-refractivity contribution in [3.8, 4) is 0 Å². The largest absolute Gasteiger partial charge is 0.356 e. The molecule has 0 aliphatic rings. The summed E-state index contributed by atoms with van der Waals surface area (Å²) >= 11 is 1.90. The first-order valence-electron chi connectivity index (χ1n) is 6.47. The SMILES string of the molecule is CCCCNc1nc(C)cn1C(C)CCSC. The lowest BCUT2D eigenvalue weighted by molar-refractivity contribution is 0.538. The van der Waals surface area contributed by atoms with Gasteiger partial charge in [0.05, 0.1) is 5.69 Å². The molecular formula is C13H25N3S. The van der Waals surface area contributed by atoms with Crippen molar-refractivity contribution in [1.82, 2.24) is 9.55 Å². The molecule has 1 heterocycles. The molecule has 1 aromatic heterocycles. The molecule has 98 valence electrons. The Morgan fingerprint density at radius 2 is 2.29 bits per heavy atom. The zero-order chi connectivity index (χ0) is 12.7. The Kier molecular flexibility index (Phi) is 6.48. The van der Waals surface area contributed by atoms with E-state index in [2.05, 4.69) is 48.1 Å². The molecule has 1 atom stereocenters. The summed E-state index contributed by atoms with van der Waals surface area (Å²) in [5.74, 6) is 2.23. The lowest BCUT2D eigenvalue weighted by Gasteiger charge is -2.16. The zero-order valence-electron chi connectivity index (χ0n) is 11.5. The van der Waals surface area contributed by atoms with E-state index in [1.54, 1.807) is 0 Å². The van der Waals surface area contributed by atoms with Crippen molar-refractivity contribution in [2.24, 2.45) is 0 Å². The molecular weight excluding hydrogens is 230 g/mol. The minimum Gasteiger partial charge on any atom is -0.356 e. The molecule has 1 unspecified atom stereocenters. The summed E-state index contributed by atoms with van der Waals surface area (Å²) in [4.78, 5) is 4.56. The van der Waals surface area contributed by atoms with Crippen molar-refractivity contribution in [3.05, 3.63) is 11.9 Å². The molecule has 0 saturated heterocycles. The highest BCUT2D eigenvalue weighted by atomic mass is 32.2. The molecule has 0 fully saturated rings. The van der Waals surface area contributed by atoms with Gasteiger partial charge in [0, 0.05) is 18.8 Å². The number of imidazole rings is 1. The van der Waals surface area contributed by atoms with E-state index in [-0.39, 0.29) is 0 Å². The standard InChI is InChI=1S/C13H25N3S/c1-5-6-8-14-13-15-11(2)10-16(13)12(3)7-9-17-4/h10,12H,5-9H2,1-4H3,(H,14,15). The summed E-state index contributed by atoms with van der Waals surface area (Å²) in [7, 11) is 0. The molecule has 1 aromatic rings. The molecule has 4 heteroatoms. The van der Waals surface area contributed by atoms with E-state index >= 15 is 0 Å². The summed E-state index contributed by atoms with van der Waals surface area (Å²) in [6, 6.07) is 0.521. The maximum absolute atomic E-state index is 4.56. The van der Waals surface area contributed by atoms with Gasteiger partial charge < -0.3 is 9.88 Å². The van der Waals surface area contributed by atoms with Gasteiger partial charge in [-0.1, -0.05) is 13.3 Å². The highest BCUT2D eigenvalue weighted by Crippen LogP contribution is 2.20. The number of rotatable bonds is 8. The van der Waals surface area contributed by atoms with Crippen molar-refractivity contribution >= 4 is 17.7 Å². The topological polar surface area (TPSA) is 29.9 Å². The molecule has 3 nitrogen and oxygen atoms in total. The van der Waals surface area contributed by atoms with Crippen LogP contribution in [0.4, 0.5) is 5.95 Å². The third-order valence-corrected chi connectivity index (χ3v) is 3.52. The highest BCUT2D eigenvalue weighted by Gasteiger charge is 2.10. The van der Waals surface area contributed by atoms with Crippen LogP contribution < -0.4 is 5.32 Å². The predicted molar refractivity (Wildman–Crippen MR) is 78.1 cm³/mol. The summed E-state index contributed by atoms with van der Waals surface area (Å²) in [5, 5.41) is 3.44. The molecule has 1 N–H and O–H groups in total. The lowest BCUT2D eigenvalue weighted by atomic mass is 10.2. The molecule has 1 rings (SSSR count). The number of aromatic nitrogens is 2. The third kappa shape index (κ3) is 4.62. The van der Waals surface area contributed by atoms with Crippen molar-refractivity contribution < 1.29 is 0 Å². The van der Waals surface area contributed by atoms with Crippen LogP contribution >= 0.6 is 11.8 Å². The normalized spacial score (nSPS) is 12.7. The van der Waals surface area contributed by atoms with Gasteiger partial charge in [-0.25, -0.2) is 4.98 Å². The molecule has 0 aliphatic heterocycles. The van der Waals surface area contributed by atoms with E-state index < -0.39 is 0 Å². The second-order valence-electron chi connectivity index (χ2n) is 4.52. The molecule has 0 spiro atoms. The Labute approximate surface area is 109 Å². The minimum atomic E-state index is 0.521. The lowest BCUT2D eigenvalue weighted by Crippen LogP contribution is -2.12. The summed E-state index contributed by atoms with van der Waals surface area (Å²) in [6.07, 6.45) is 7.92. The van der Waals surface area contributed by atoms with Gasteiger partial charge in [-0.15, -0.1) is 0 Å². The Hall–Kier alpha value is -0.640. The van der Waals surface area contributed by atoms with Gasteiger partial charge in [0.2, 0.25) is 5.95 Å². The minimum absolute atomic E-state index is 0.521. The van der Waals surface area contributed by atoms with E-state index in [0.29, 0.717) is 6.04 Å². The van der Waals surface area contributed by atoms with Crippen LogP contribution in [0.25, 0.3) is 0 Å². The number of aryl methyl sites for hydroxylation is 1. The second kappa shape index (κ2) is 7.64. The van der Waals surface area contributed by atoms with E-state index in [0.717, 1.165) is 18.2 Å². The first-order chi connectivity index (χ1) is 8.19. The number of anilines is 1. The van der Waals surface area contributed by atoms with Gasteiger partial charge in [-0.05, 0) is 38.7 Å². The van der Waals surface area contributed by atoms with E-state index in [1.165, 1.54) is 25.0 Å². The van der Waals surface area contributed by atoms with Crippen LogP contribution in [0.5, 0.6) is 0 Å². The number of unbranched alkanes of at least 4 members (excludes halogenated alkanes) is 1. The van der Waals surface area contributed by atoms with Crippen LogP contribution in [0.15, 0.2) is 6.20 Å². The quantitative estimate of drug-likeness (QED) is 0.718. The second-order valence-corrected chi connectivity index (χ2v) is 5.51. The van der Waals surface area contributed by atoms with Crippen LogP contribution in [0.2, 0.25) is 0 Å². The van der Waals surface area contributed by atoms with Gasteiger partial charge in [0.15, 0.2) is 0 Å². The van der Waals surface area contributed by atoms with Gasteiger partial charge in [-0.2, -0.15) is 11.8 Å². The third-order valence-electron chi connectivity index (χ3n) is 2.88. The highest BCUT2D eigenvalue weighted by molar-refractivity contribution is 7.98. The summed E-state index contributed by atoms with van der Waals surface area (Å²) in [5.41, 5.74) is 1.10. The number of hydrogen-bond acceptors (Lipinski definition) is 3. The molecule has 0 radical (unpaired) electrons. The fourth-order valence-electron chi connectivity index (χ4n) is 1.79. The van der Waals surface area contributed by atoms with Crippen LogP contribution in [-0.4, -0.2) is 28.1 Å². The summed E-state index contributed by atoms with van der Waals surface area (Å²) in [6.45, 7) is 7.55. The zero-order valence-corrected chi connectivity index (χ0v) is 12.3. The Morgan fingerprint density at radius 3 is 2.94 bits per heavy atom. The van der Waals surface area contributed by atoms with Gasteiger partial charge in [-0.3, -0.25) is 0 Å². The van der Waals surface area contributed by atoms with Gasteiger partial charge >= 0.3 is 0 Å². The van der Waals surface area contributed by atoms with E-state index in [1.807, 2.05) is 11.8 Å². The van der Waals surface area contributed by atoms with Crippen molar-refractivity contribution in [1.29, 1.82) is 0 Å². The fourth-order valence-corrected chi connectivity index (χ4v) is 2.36. The molecule has 0 aromatic carbocycles. The fraction of sp³-hybridized carbons (Fsp3) is 0.769. The number of nitrogens with one attached hydrogen (secondary N) is 1. The average Bonchev–Trinajstić information content (AvgIpc) is 2.68. The maximum Gasteiger partial charge on any atom is 0.203 e. The van der Waals surface area contributed by atoms with Crippen LogP contribution in [-0.2, 0) is 0 Å². The van der Waals surface area contributed by atoms with Crippen molar-refractivity contribution in [2.45, 2.75) is 46.1 Å². The predicted octanol–water partition coefficient (Wildman–Crippen LogP) is 3.72. The maximum atomic E-state index is 4.56. The van der Waals surface area contributed by atoms with Gasteiger partial charge in [0.25, 0.3) is 0 Å². The van der Waals surface area contributed by atoms with Crippen LogP contribution in [0.1, 0.15) is 44.8 Å². The first-order valence-corrected chi connectivity index (χ1v) is 7.86. The van der Waals surface area contributed by atoms with E-state index in [4.69, 9.17) is 0 Å². The monoisotopic (exact) mass is 255 g/mol. The molecule has 0 aliphatic carbocycles. The number of nitrogens with zero attached hydrogens (tertiary/aromatic N) is 2. The Balaban J connectivity index is 2.62. The molecule has 0 saturated carbocycles. The van der Waals surface area contributed by atoms with Crippen molar-refractivity contribution in [2.75, 3.05) is 23.9 Å². The average molecular weight is 255 g/mol. The first kappa shape index (κ1) is 14.4. The van der Waals surface area contributed by atoms with Crippen LogP contribution in [0.3, 0.4) is 0 Å².